The Kier molecular flexibility index (Phi) is 5.85. The first-order valence-electron chi connectivity index (χ1n) is 6.98. The summed E-state index contributed by atoms with van der Waals surface area (Å²) in [6.07, 6.45) is -24.3. The summed E-state index contributed by atoms with van der Waals surface area (Å²) in [5.41, 5.74) is -9.44. The number of thioether (sulfide) groups is 2. The van der Waals surface area contributed by atoms with E-state index in [0.717, 1.165) is 0 Å². The molecule has 1 N–H and O–H groups in total. The molecule has 0 atom stereocenters. The van der Waals surface area contributed by atoms with Gasteiger partial charge in [0.15, 0.2) is 5.57 Å². The third-order valence-electron chi connectivity index (χ3n) is 3.77. The van der Waals surface area contributed by atoms with Gasteiger partial charge < -0.3 is 5.11 Å². The van der Waals surface area contributed by atoms with Crippen LogP contribution in [0.2, 0.25) is 0 Å². The Hall–Kier alpha value is -1.38. The highest BCUT2D eigenvalue weighted by Crippen LogP contribution is 2.69. The number of alkyl halides is 12. The van der Waals surface area contributed by atoms with Gasteiger partial charge in [0.25, 0.3) is 0 Å². The van der Waals surface area contributed by atoms with Crippen molar-refractivity contribution in [2.75, 3.05) is 0 Å². The lowest BCUT2D eigenvalue weighted by Crippen LogP contribution is -2.60. The fourth-order valence-electron chi connectivity index (χ4n) is 2.51. The summed E-state index contributed by atoms with van der Waals surface area (Å²) in [5.74, 6) is -0.696. The minimum Gasteiger partial charge on any atom is -0.508 e. The van der Waals surface area contributed by atoms with Gasteiger partial charge in [-0.05, 0) is 17.7 Å². The minimum absolute atomic E-state index is 0.258. The maximum Gasteiger partial charge on any atom is 0.422 e. The maximum absolute atomic E-state index is 13.7. The molecule has 0 spiro atoms. The van der Waals surface area contributed by atoms with E-state index < -0.39 is 79.3 Å². The highest BCUT2D eigenvalue weighted by molar-refractivity contribution is 8.38. The lowest BCUT2D eigenvalue weighted by molar-refractivity contribution is -0.298. The zero-order valence-corrected chi connectivity index (χ0v) is 14.8. The fourth-order valence-corrected chi connectivity index (χ4v) is 5.64. The molecule has 1 aromatic rings. The first-order valence-corrected chi connectivity index (χ1v) is 8.74. The second kappa shape index (κ2) is 7.10. The van der Waals surface area contributed by atoms with E-state index in [0.29, 0.717) is 12.1 Å². The molecule has 0 unspecified atom stereocenters. The summed E-state index contributed by atoms with van der Waals surface area (Å²) >= 11 is -1.61. The first-order chi connectivity index (χ1) is 12.8. The van der Waals surface area contributed by atoms with E-state index in [9.17, 15) is 52.7 Å². The summed E-state index contributed by atoms with van der Waals surface area (Å²) in [4.78, 5) is 0. The standard InChI is InChI=1S/C14H6F12OS2/c15-11(16,17)7(12(18,19)20)8-28-9(29-8)10(13(21,22)23,14(24,25)26)5-1-3-6(27)4-2-5/h1-4,9,27H. The Labute approximate surface area is 162 Å². The van der Waals surface area contributed by atoms with E-state index in [1.165, 1.54) is 0 Å². The van der Waals surface area contributed by atoms with Crippen molar-refractivity contribution in [2.45, 2.75) is 34.7 Å². The van der Waals surface area contributed by atoms with Crippen molar-refractivity contribution < 1.29 is 57.8 Å². The topological polar surface area (TPSA) is 20.2 Å². The maximum atomic E-state index is 13.7. The average Bonchev–Trinajstić information content (AvgIpc) is 2.41. The van der Waals surface area contributed by atoms with Gasteiger partial charge in [-0.25, -0.2) is 0 Å². The van der Waals surface area contributed by atoms with Gasteiger partial charge in [-0.3, -0.25) is 0 Å². The van der Waals surface area contributed by atoms with Crippen LogP contribution in [0.3, 0.4) is 0 Å². The number of phenolic OH excluding ortho intramolecular Hbond substituents is 1. The van der Waals surface area contributed by atoms with Crippen molar-refractivity contribution in [3.8, 4) is 5.75 Å². The molecular formula is C14H6F12OS2. The van der Waals surface area contributed by atoms with Gasteiger partial charge in [-0.2, -0.15) is 52.7 Å². The van der Waals surface area contributed by atoms with Gasteiger partial charge in [0, 0.05) is 0 Å². The average molecular weight is 482 g/mol. The Morgan fingerprint density at radius 3 is 1.38 bits per heavy atom. The van der Waals surface area contributed by atoms with Gasteiger partial charge >= 0.3 is 24.7 Å². The molecule has 164 valence electrons. The number of benzene rings is 1. The lowest BCUT2D eigenvalue weighted by atomic mass is 9.80. The molecule has 0 saturated carbocycles. The molecule has 0 aromatic heterocycles. The van der Waals surface area contributed by atoms with Crippen LogP contribution in [0.5, 0.6) is 5.75 Å². The van der Waals surface area contributed by atoms with Gasteiger partial charge in [-0.15, -0.1) is 23.5 Å². The van der Waals surface area contributed by atoms with E-state index in [4.69, 9.17) is 5.11 Å². The molecular weight excluding hydrogens is 476 g/mol. The van der Waals surface area contributed by atoms with Crippen LogP contribution < -0.4 is 0 Å². The highest BCUT2D eigenvalue weighted by Gasteiger charge is 2.77. The second-order valence-corrected chi connectivity index (χ2v) is 8.36. The van der Waals surface area contributed by atoms with Crippen LogP contribution in [-0.4, -0.2) is 34.4 Å². The van der Waals surface area contributed by atoms with Crippen molar-refractivity contribution in [3.63, 3.8) is 0 Å². The molecule has 0 radical (unpaired) electrons. The van der Waals surface area contributed by atoms with Gasteiger partial charge in [0.2, 0.25) is 5.41 Å². The van der Waals surface area contributed by atoms with Crippen LogP contribution in [-0.2, 0) is 5.41 Å². The van der Waals surface area contributed by atoms with E-state index >= 15 is 0 Å². The van der Waals surface area contributed by atoms with E-state index in [-0.39, 0.29) is 12.1 Å². The summed E-state index contributed by atoms with van der Waals surface area (Å²) in [6.45, 7) is 0. The Morgan fingerprint density at radius 1 is 0.690 bits per heavy atom. The highest BCUT2D eigenvalue weighted by atomic mass is 32.3. The number of phenols is 1. The molecule has 1 aliphatic heterocycles. The third-order valence-corrected chi connectivity index (χ3v) is 6.90. The largest absolute Gasteiger partial charge is 0.508 e. The van der Waals surface area contributed by atoms with Crippen LogP contribution >= 0.6 is 23.5 Å². The number of halogens is 12. The summed E-state index contributed by atoms with van der Waals surface area (Å²) < 4.78 is 153. The smallest absolute Gasteiger partial charge is 0.422 e. The van der Waals surface area contributed by atoms with Crippen molar-refractivity contribution >= 4 is 23.5 Å². The molecule has 0 amide bonds. The van der Waals surface area contributed by atoms with E-state index in [2.05, 4.69) is 0 Å². The zero-order chi connectivity index (χ0) is 22.6. The SMILES string of the molecule is Oc1ccc(C(C2SC(=C(C(F)(F)F)C(F)(F)F)S2)(C(F)(F)F)C(F)(F)F)cc1. The summed E-state index contributed by atoms with van der Waals surface area (Å²) in [7, 11) is 0. The summed E-state index contributed by atoms with van der Waals surface area (Å²) in [5, 5.41) is 9.10. The summed E-state index contributed by atoms with van der Waals surface area (Å²) in [6, 6.07) is 1.49. The molecule has 1 aliphatic rings. The fraction of sp³-hybridized carbons (Fsp3) is 0.429. The van der Waals surface area contributed by atoms with Crippen LogP contribution in [0, 0.1) is 0 Å². The van der Waals surface area contributed by atoms with Gasteiger partial charge in [-0.1, -0.05) is 12.1 Å². The third kappa shape index (κ3) is 4.11. The normalized spacial score (nSPS) is 19.2. The van der Waals surface area contributed by atoms with Crippen molar-refractivity contribution in [2.24, 2.45) is 0 Å². The first kappa shape index (κ1) is 23.9. The van der Waals surface area contributed by atoms with Crippen LogP contribution in [0.1, 0.15) is 5.56 Å². The Balaban J connectivity index is 2.65. The molecule has 1 nitrogen and oxygen atoms in total. The predicted octanol–water partition coefficient (Wildman–Crippen LogP) is 6.90. The molecule has 15 heteroatoms. The van der Waals surface area contributed by atoms with Crippen LogP contribution in [0.4, 0.5) is 52.7 Å². The zero-order valence-electron chi connectivity index (χ0n) is 13.2. The molecule has 29 heavy (non-hydrogen) atoms. The Morgan fingerprint density at radius 2 is 1.07 bits per heavy atom. The molecule has 1 aromatic carbocycles. The molecule has 1 saturated heterocycles. The Bertz CT molecular complexity index is 747. The monoisotopic (exact) mass is 482 g/mol. The number of hydrogen-bond donors (Lipinski definition) is 1. The van der Waals surface area contributed by atoms with E-state index in [1.54, 1.807) is 0 Å². The second-order valence-electron chi connectivity index (χ2n) is 5.58. The molecule has 2 rings (SSSR count). The van der Waals surface area contributed by atoms with Crippen LogP contribution in [0.25, 0.3) is 0 Å². The molecule has 1 fully saturated rings. The van der Waals surface area contributed by atoms with Crippen molar-refractivity contribution in [1.29, 1.82) is 0 Å². The number of allylic oxidation sites excluding steroid dienone is 1. The quantitative estimate of drug-likeness (QED) is 0.464. The van der Waals surface area contributed by atoms with Crippen molar-refractivity contribution in [3.05, 3.63) is 39.6 Å². The molecule has 1 heterocycles. The van der Waals surface area contributed by atoms with Gasteiger partial charge in [0.1, 0.15) is 5.75 Å². The number of hydrogen-bond acceptors (Lipinski definition) is 3. The molecule has 0 bridgehead atoms. The molecule has 0 aliphatic carbocycles. The van der Waals surface area contributed by atoms with E-state index in [1.807, 2.05) is 0 Å². The minimum atomic E-state index is -6.13. The number of aromatic hydroxyl groups is 1. The lowest BCUT2D eigenvalue weighted by Gasteiger charge is -2.47. The number of rotatable bonds is 2. The predicted molar refractivity (Wildman–Crippen MR) is 80.0 cm³/mol. The van der Waals surface area contributed by atoms with Gasteiger partial charge in [0.05, 0.1) is 8.82 Å². The van der Waals surface area contributed by atoms with Crippen LogP contribution in [0.15, 0.2) is 34.1 Å². The van der Waals surface area contributed by atoms with Crippen molar-refractivity contribution in [1.82, 2.24) is 0 Å².